The summed E-state index contributed by atoms with van der Waals surface area (Å²) < 4.78 is 0. The highest BCUT2D eigenvalue weighted by atomic mass is 15.2. The Morgan fingerprint density at radius 2 is 0.696 bits per heavy atom. The van der Waals surface area contributed by atoms with Crippen molar-refractivity contribution < 1.29 is 0 Å². The second-order valence-corrected chi connectivity index (χ2v) is 11.4. The smallest absolute Gasteiger partial charge is 0.0546 e. The lowest BCUT2D eigenvalue weighted by Crippen LogP contribution is -2.14. The highest BCUT2D eigenvalue weighted by Crippen LogP contribution is 2.46. The van der Waals surface area contributed by atoms with E-state index in [0.717, 1.165) is 34.1 Å². The van der Waals surface area contributed by atoms with Gasteiger partial charge in [-0.25, -0.2) is 0 Å². The first-order valence-corrected chi connectivity index (χ1v) is 15.7. The number of benzene rings is 8. The van der Waals surface area contributed by atoms with Gasteiger partial charge in [-0.2, -0.15) is 0 Å². The van der Waals surface area contributed by atoms with Gasteiger partial charge in [0.1, 0.15) is 0 Å². The minimum absolute atomic E-state index is 1.08. The molecule has 0 heterocycles. The average Bonchev–Trinajstić information content (AvgIpc) is 3.13. The molecule has 0 fully saturated rings. The van der Waals surface area contributed by atoms with E-state index in [-0.39, 0.29) is 0 Å². The summed E-state index contributed by atoms with van der Waals surface area (Å²) in [6, 6.07) is 69.4. The molecule has 0 aliphatic rings. The molecule has 0 radical (unpaired) electrons. The molecule has 0 spiro atoms. The van der Waals surface area contributed by atoms with E-state index in [4.69, 9.17) is 0 Å². The van der Waals surface area contributed by atoms with Gasteiger partial charge in [-0.15, -0.1) is 0 Å². The maximum Gasteiger partial charge on any atom is 0.0546 e. The summed E-state index contributed by atoms with van der Waals surface area (Å²) in [5, 5.41) is 4.89. The number of rotatable bonds is 7. The first-order valence-electron chi connectivity index (χ1n) is 15.7. The normalized spacial score (nSPS) is 11.0. The monoisotopic (exact) mass is 588 g/mol. The van der Waals surface area contributed by atoms with Crippen LogP contribution in [0.15, 0.2) is 194 Å². The summed E-state index contributed by atoms with van der Waals surface area (Å²) in [7, 11) is 0. The Kier molecular flexibility index (Phi) is 7.22. The molecule has 8 rings (SSSR count). The Balaban J connectivity index is 1.39. The van der Waals surface area contributed by atoms with E-state index in [1.54, 1.807) is 0 Å². The first-order chi connectivity index (χ1) is 22.8. The van der Waals surface area contributed by atoms with Crippen molar-refractivity contribution in [3.8, 4) is 11.1 Å². The van der Waals surface area contributed by atoms with E-state index in [2.05, 4.69) is 204 Å². The van der Waals surface area contributed by atoms with Crippen LogP contribution >= 0.6 is 0 Å². The predicted octanol–water partition coefficient (Wildman–Crippen LogP) is 12.6. The minimum Gasteiger partial charge on any atom is -0.310 e. The lowest BCUT2D eigenvalue weighted by molar-refractivity contribution is 1.25. The molecule has 0 N–H and O–H groups in total. The maximum absolute atomic E-state index is 2.40. The maximum atomic E-state index is 2.40. The quantitative estimate of drug-likeness (QED) is 0.183. The van der Waals surface area contributed by atoms with Crippen LogP contribution in [0.25, 0.3) is 32.7 Å². The SMILES string of the molecule is c1ccc(N(c2ccccc2)c2cccc(N(c3ccccc3)c3cc4ccccc4cc3-c3cccc4ccccc34)c2)cc1. The molecular formula is C44H32N2. The molecule has 0 saturated heterocycles. The van der Waals surface area contributed by atoms with Crippen LogP contribution in [0.3, 0.4) is 0 Å². The fraction of sp³-hybridized carbons (Fsp3) is 0. The number of hydrogen-bond acceptors (Lipinski definition) is 2. The minimum atomic E-state index is 1.08. The molecule has 0 bridgehead atoms. The first kappa shape index (κ1) is 27.4. The van der Waals surface area contributed by atoms with E-state index in [1.165, 1.54) is 32.7 Å². The summed E-state index contributed by atoms with van der Waals surface area (Å²) in [5.41, 5.74) is 9.02. The lowest BCUT2D eigenvalue weighted by atomic mass is 9.93. The molecule has 0 amide bonds. The number of para-hydroxylation sites is 3. The second kappa shape index (κ2) is 12.1. The Hall–Kier alpha value is -6.12. The summed E-state index contributed by atoms with van der Waals surface area (Å²) in [6.07, 6.45) is 0. The molecule has 0 atom stereocenters. The van der Waals surface area contributed by atoms with Gasteiger partial charge in [0.2, 0.25) is 0 Å². The third-order valence-electron chi connectivity index (χ3n) is 8.57. The van der Waals surface area contributed by atoms with Crippen molar-refractivity contribution in [2.75, 3.05) is 9.80 Å². The van der Waals surface area contributed by atoms with E-state index < -0.39 is 0 Å². The molecule has 8 aromatic rings. The van der Waals surface area contributed by atoms with Crippen molar-refractivity contribution in [3.63, 3.8) is 0 Å². The van der Waals surface area contributed by atoms with Crippen molar-refractivity contribution in [2.45, 2.75) is 0 Å². The third kappa shape index (κ3) is 5.16. The fourth-order valence-corrected chi connectivity index (χ4v) is 6.47. The number of anilines is 6. The van der Waals surface area contributed by atoms with Crippen LogP contribution in [0, 0.1) is 0 Å². The van der Waals surface area contributed by atoms with Gasteiger partial charge in [0.25, 0.3) is 0 Å². The molecule has 0 unspecified atom stereocenters. The zero-order valence-electron chi connectivity index (χ0n) is 25.4. The average molecular weight is 589 g/mol. The fourth-order valence-electron chi connectivity index (χ4n) is 6.47. The summed E-state index contributed by atoms with van der Waals surface area (Å²) in [5.74, 6) is 0. The summed E-state index contributed by atoms with van der Waals surface area (Å²) >= 11 is 0. The molecule has 0 aromatic heterocycles. The van der Waals surface area contributed by atoms with Gasteiger partial charge in [0.15, 0.2) is 0 Å². The topological polar surface area (TPSA) is 6.48 Å². The van der Waals surface area contributed by atoms with E-state index in [9.17, 15) is 0 Å². The molecule has 2 heteroatoms. The van der Waals surface area contributed by atoms with Gasteiger partial charge < -0.3 is 9.80 Å². The summed E-state index contributed by atoms with van der Waals surface area (Å²) in [4.78, 5) is 4.72. The van der Waals surface area contributed by atoms with Crippen LogP contribution in [0.5, 0.6) is 0 Å². The van der Waals surface area contributed by atoms with Crippen LogP contribution in [0.2, 0.25) is 0 Å². The molecular weight excluding hydrogens is 556 g/mol. The molecule has 2 nitrogen and oxygen atoms in total. The number of nitrogens with zero attached hydrogens (tertiary/aromatic N) is 2. The molecule has 0 saturated carbocycles. The molecule has 218 valence electrons. The number of fused-ring (bicyclic) bond motifs is 2. The van der Waals surface area contributed by atoms with Gasteiger partial charge in [0.05, 0.1) is 5.69 Å². The second-order valence-electron chi connectivity index (χ2n) is 11.4. The van der Waals surface area contributed by atoms with E-state index in [1.807, 2.05) is 0 Å². The lowest BCUT2D eigenvalue weighted by Gasteiger charge is -2.31. The van der Waals surface area contributed by atoms with Gasteiger partial charge in [-0.1, -0.05) is 127 Å². The van der Waals surface area contributed by atoms with Gasteiger partial charge in [0, 0.05) is 34.0 Å². The number of hydrogen-bond donors (Lipinski definition) is 0. The van der Waals surface area contributed by atoms with Crippen molar-refractivity contribution in [1.82, 2.24) is 0 Å². The van der Waals surface area contributed by atoms with Crippen LogP contribution in [0.1, 0.15) is 0 Å². The molecule has 0 aliphatic heterocycles. The zero-order valence-corrected chi connectivity index (χ0v) is 25.4. The van der Waals surface area contributed by atoms with Crippen molar-refractivity contribution in [3.05, 3.63) is 194 Å². The van der Waals surface area contributed by atoms with Crippen LogP contribution in [0.4, 0.5) is 34.1 Å². The van der Waals surface area contributed by atoms with Gasteiger partial charge >= 0.3 is 0 Å². The Morgan fingerprint density at radius 1 is 0.261 bits per heavy atom. The Labute approximate surface area is 270 Å². The molecule has 0 aliphatic carbocycles. The van der Waals surface area contributed by atoms with Crippen molar-refractivity contribution in [2.24, 2.45) is 0 Å². The van der Waals surface area contributed by atoms with Crippen molar-refractivity contribution in [1.29, 1.82) is 0 Å². The van der Waals surface area contributed by atoms with E-state index >= 15 is 0 Å². The zero-order chi connectivity index (χ0) is 30.7. The molecule has 8 aromatic carbocycles. The van der Waals surface area contributed by atoms with Gasteiger partial charge in [-0.3, -0.25) is 0 Å². The molecule has 46 heavy (non-hydrogen) atoms. The largest absolute Gasteiger partial charge is 0.310 e. The third-order valence-corrected chi connectivity index (χ3v) is 8.57. The standard InChI is InChI=1S/C44H32N2/c1-4-20-36(21-5-1)45(37-22-6-2-7-23-37)39-26-15-27-40(32-39)46(38-24-8-3-9-25-38)44-31-35-18-11-10-17-34(35)30-43(44)42-29-14-19-33-16-12-13-28-41(33)42/h1-32H. The Bertz CT molecular complexity index is 2220. The highest BCUT2D eigenvalue weighted by molar-refractivity contribution is 6.05. The van der Waals surface area contributed by atoms with Crippen molar-refractivity contribution >= 4 is 55.7 Å². The van der Waals surface area contributed by atoms with Crippen LogP contribution in [-0.4, -0.2) is 0 Å². The van der Waals surface area contributed by atoms with Crippen LogP contribution < -0.4 is 9.80 Å². The summed E-state index contributed by atoms with van der Waals surface area (Å²) in [6.45, 7) is 0. The Morgan fingerprint density at radius 3 is 1.33 bits per heavy atom. The van der Waals surface area contributed by atoms with Gasteiger partial charge in [-0.05, 0) is 93.8 Å². The van der Waals surface area contributed by atoms with Crippen LogP contribution in [-0.2, 0) is 0 Å². The highest BCUT2D eigenvalue weighted by Gasteiger charge is 2.21. The van der Waals surface area contributed by atoms with E-state index in [0.29, 0.717) is 0 Å². The predicted molar refractivity (Wildman–Crippen MR) is 196 cm³/mol.